The molecule has 1 fully saturated rings. The molecule has 2 aromatic carbocycles. The van der Waals surface area contributed by atoms with Gasteiger partial charge >= 0.3 is 6.09 Å². The van der Waals surface area contributed by atoms with Gasteiger partial charge in [0, 0.05) is 42.8 Å². The summed E-state index contributed by atoms with van der Waals surface area (Å²) >= 11 is 3.57. The standard InChI is InChI=1S/C23H29BrN2O3/c1-23(2,3)29-22(27)26-13-11-25(12-14-26)16-19-15-20(24)9-10-21(19)28-17-18-7-5-4-6-8-18/h4-10,15H,11-14,16-17H2,1-3H3. The zero-order valence-corrected chi connectivity index (χ0v) is 18.9. The summed E-state index contributed by atoms with van der Waals surface area (Å²) in [4.78, 5) is 16.4. The van der Waals surface area contributed by atoms with Gasteiger partial charge < -0.3 is 14.4 Å². The van der Waals surface area contributed by atoms with Gasteiger partial charge in [0.15, 0.2) is 0 Å². The number of hydrogen-bond donors (Lipinski definition) is 0. The lowest BCUT2D eigenvalue weighted by Crippen LogP contribution is -2.49. The van der Waals surface area contributed by atoms with Crippen LogP contribution >= 0.6 is 15.9 Å². The number of piperazine rings is 1. The number of rotatable bonds is 5. The molecule has 0 bridgehead atoms. The zero-order chi connectivity index (χ0) is 20.9. The van der Waals surface area contributed by atoms with Gasteiger partial charge in [0.1, 0.15) is 18.0 Å². The normalized spacial score (nSPS) is 15.2. The third kappa shape index (κ3) is 6.75. The van der Waals surface area contributed by atoms with E-state index in [9.17, 15) is 4.79 Å². The van der Waals surface area contributed by atoms with Crippen molar-refractivity contribution >= 4 is 22.0 Å². The minimum absolute atomic E-state index is 0.230. The summed E-state index contributed by atoms with van der Waals surface area (Å²) in [6.07, 6.45) is -0.230. The van der Waals surface area contributed by atoms with Gasteiger partial charge in [-0.2, -0.15) is 0 Å². The monoisotopic (exact) mass is 460 g/mol. The second kappa shape index (κ2) is 9.63. The van der Waals surface area contributed by atoms with Crippen molar-refractivity contribution in [3.8, 4) is 5.75 Å². The number of halogens is 1. The first kappa shape index (κ1) is 21.7. The van der Waals surface area contributed by atoms with Crippen LogP contribution in [0.4, 0.5) is 4.79 Å². The maximum atomic E-state index is 12.3. The summed E-state index contributed by atoms with van der Waals surface area (Å²) in [6, 6.07) is 16.3. The molecule has 0 radical (unpaired) electrons. The molecule has 0 aromatic heterocycles. The summed E-state index contributed by atoms with van der Waals surface area (Å²) in [7, 11) is 0. The molecule has 156 valence electrons. The smallest absolute Gasteiger partial charge is 0.410 e. The summed E-state index contributed by atoms with van der Waals surface area (Å²) < 4.78 is 12.6. The van der Waals surface area contributed by atoms with Crippen molar-refractivity contribution < 1.29 is 14.3 Å². The second-order valence-electron chi connectivity index (χ2n) is 8.27. The first-order valence-electron chi connectivity index (χ1n) is 9.95. The fourth-order valence-corrected chi connectivity index (χ4v) is 3.61. The molecule has 0 spiro atoms. The van der Waals surface area contributed by atoms with Crippen LogP contribution in [0.5, 0.6) is 5.75 Å². The van der Waals surface area contributed by atoms with Gasteiger partial charge in [-0.3, -0.25) is 4.90 Å². The highest BCUT2D eigenvalue weighted by Gasteiger charge is 2.26. The Hall–Kier alpha value is -2.05. The highest BCUT2D eigenvalue weighted by atomic mass is 79.9. The van der Waals surface area contributed by atoms with Gasteiger partial charge in [-0.25, -0.2) is 4.79 Å². The number of hydrogen-bond acceptors (Lipinski definition) is 4. The van der Waals surface area contributed by atoms with E-state index in [1.165, 1.54) is 0 Å². The van der Waals surface area contributed by atoms with Crippen LogP contribution in [0.2, 0.25) is 0 Å². The maximum Gasteiger partial charge on any atom is 0.410 e. The Morgan fingerprint density at radius 1 is 1.03 bits per heavy atom. The van der Waals surface area contributed by atoms with Crippen molar-refractivity contribution in [1.29, 1.82) is 0 Å². The molecule has 0 saturated carbocycles. The summed E-state index contributed by atoms with van der Waals surface area (Å²) in [5.74, 6) is 0.895. The number of carbonyl (C=O) groups excluding carboxylic acids is 1. The predicted molar refractivity (Wildman–Crippen MR) is 118 cm³/mol. The van der Waals surface area contributed by atoms with Crippen LogP contribution in [0.3, 0.4) is 0 Å². The van der Waals surface area contributed by atoms with Gasteiger partial charge in [0.2, 0.25) is 0 Å². The van der Waals surface area contributed by atoms with E-state index in [-0.39, 0.29) is 6.09 Å². The molecule has 1 aliphatic rings. The quantitative estimate of drug-likeness (QED) is 0.623. The third-order valence-corrected chi connectivity index (χ3v) is 5.17. The summed E-state index contributed by atoms with van der Waals surface area (Å²) in [6.45, 7) is 9.97. The molecule has 3 rings (SSSR count). The molecular formula is C23H29BrN2O3. The highest BCUT2D eigenvalue weighted by molar-refractivity contribution is 9.10. The number of nitrogens with zero attached hydrogens (tertiary/aromatic N) is 2. The molecule has 0 aliphatic carbocycles. The van der Waals surface area contributed by atoms with Crippen LogP contribution in [-0.4, -0.2) is 47.7 Å². The molecular weight excluding hydrogens is 432 g/mol. The average molecular weight is 461 g/mol. The Labute approximate surface area is 181 Å². The number of carbonyl (C=O) groups is 1. The fraction of sp³-hybridized carbons (Fsp3) is 0.435. The average Bonchev–Trinajstić information content (AvgIpc) is 2.67. The second-order valence-corrected chi connectivity index (χ2v) is 9.19. The molecule has 29 heavy (non-hydrogen) atoms. The van der Waals surface area contributed by atoms with E-state index >= 15 is 0 Å². The van der Waals surface area contributed by atoms with Crippen LogP contribution in [0.15, 0.2) is 53.0 Å². The molecule has 6 heteroatoms. The molecule has 5 nitrogen and oxygen atoms in total. The predicted octanol–water partition coefficient (Wildman–Crippen LogP) is 5.08. The molecule has 2 aromatic rings. The van der Waals surface area contributed by atoms with Crippen LogP contribution in [0.25, 0.3) is 0 Å². The summed E-state index contributed by atoms with van der Waals surface area (Å²) in [5.41, 5.74) is 1.82. The Morgan fingerprint density at radius 3 is 2.38 bits per heavy atom. The zero-order valence-electron chi connectivity index (χ0n) is 17.4. The van der Waals surface area contributed by atoms with E-state index in [1.54, 1.807) is 4.90 Å². The molecule has 1 amide bonds. The SMILES string of the molecule is CC(C)(C)OC(=O)N1CCN(Cc2cc(Br)ccc2OCc2ccccc2)CC1. The number of amides is 1. The lowest BCUT2D eigenvalue weighted by Gasteiger charge is -2.35. The molecule has 0 N–H and O–H groups in total. The Kier molecular flexibility index (Phi) is 7.19. The minimum Gasteiger partial charge on any atom is -0.489 e. The van der Waals surface area contributed by atoms with Crippen molar-refractivity contribution in [3.05, 3.63) is 64.1 Å². The highest BCUT2D eigenvalue weighted by Crippen LogP contribution is 2.26. The molecule has 0 atom stereocenters. The van der Waals surface area contributed by atoms with E-state index in [4.69, 9.17) is 9.47 Å². The van der Waals surface area contributed by atoms with E-state index < -0.39 is 5.60 Å². The minimum atomic E-state index is -0.463. The molecule has 1 aliphatic heterocycles. The van der Waals surface area contributed by atoms with Gasteiger partial charge in [0.05, 0.1) is 0 Å². The lowest BCUT2D eigenvalue weighted by molar-refractivity contribution is 0.0138. The van der Waals surface area contributed by atoms with Crippen molar-refractivity contribution in [2.45, 2.75) is 39.5 Å². The van der Waals surface area contributed by atoms with Gasteiger partial charge in [-0.1, -0.05) is 46.3 Å². The first-order valence-corrected chi connectivity index (χ1v) is 10.7. The van der Waals surface area contributed by atoms with Gasteiger partial charge in [0.25, 0.3) is 0 Å². The number of benzene rings is 2. The Balaban J connectivity index is 1.58. The molecule has 1 heterocycles. The fourth-order valence-electron chi connectivity index (χ4n) is 3.20. The van der Waals surface area contributed by atoms with E-state index in [0.29, 0.717) is 19.7 Å². The van der Waals surface area contributed by atoms with E-state index in [0.717, 1.165) is 41.0 Å². The van der Waals surface area contributed by atoms with Crippen molar-refractivity contribution in [3.63, 3.8) is 0 Å². The first-order chi connectivity index (χ1) is 13.8. The van der Waals surface area contributed by atoms with Crippen molar-refractivity contribution in [2.24, 2.45) is 0 Å². The van der Waals surface area contributed by atoms with Gasteiger partial charge in [-0.05, 0) is 44.5 Å². The van der Waals surface area contributed by atoms with Crippen LogP contribution < -0.4 is 4.74 Å². The maximum absolute atomic E-state index is 12.3. The Morgan fingerprint density at radius 2 is 1.72 bits per heavy atom. The lowest BCUT2D eigenvalue weighted by atomic mass is 10.1. The Bertz CT molecular complexity index is 813. The third-order valence-electron chi connectivity index (χ3n) is 4.68. The largest absolute Gasteiger partial charge is 0.489 e. The van der Waals surface area contributed by atoms with E-state index in [2.05, 4.69) is 39.0 Å². The van der Waals surface area contributed by atoms with Crippen LogP contribution in [-0.2, 0) is 17.9 Å². The molecule has 1 saturated heterocycles. The molecule has 0 unspecified atom stereocenters. The van der Waals surface area contributed by atoms with Crippen molar-refractivity contribution in [2.75, 3.05) is 26.2 Å². The van der Waals surface area contributed by atoms with Gasteiger partial charge in [-0.15, -0.1) is 0 Å². The summed E-state index contributed by atoms with van der Waals surface area (Å²) in [5, 5.41) is 0. The van der Waals surface area contributed by atoms with Crippen LogP contribution in [0.1, 0.15) is 31.9 Å². The topological polar surface area (TPSA) is 42.0 Å². The van der Waals surface area contributed by atoms with E-state index in [1.807, 2.05) is 51.1 Å². The number of ether oxygens (including phenoxy) is 2. The van der Waals surface area contributed by atoms with Crippen LogP contribution in [0, 0.1) is 0 Å². The van der Waals surface area contributed by atoms with Crippen molar-refractivity contribution in [1.82, 2.24) is 9.80 Å².